The number of methoxy groups -OCH3 is 1. The fraction of sp³-hybridized carbons (Fsp3) is 0.500. The monoisotopic (exact) mass is 232 g/mol. The van der Waals surface area contributed by atoms with Crippen LogP contribution in [0.2, 0.25) is 0 Å². The minimum absolute atomic E-state index is 0.480. The van der Waals surface area contributed by atoms with Crippen molar-refractivity contribution in [3.05, 3.63) is 17.8 Å². The number of pyridine rings is 1. The number of nitrogens with two attached hydrogens (primary N) is 1. The number of nitrogen functional groups attached to an aromatic ring is 1. The van der Waals surface area contributed by atoms with E-state index in [0.29, 0.717) is 17.2 Å². The predicted octanol–water partition coefficient (Wildman–Crippen LogP) is 1.01. The van der Waals surface area contributed by atoms with Crippen molar-refractivity contribution in [1.82, 2.24) is 4.98 Å². The van der Waals surface area contributed by atoms with E-state index in [1.165, 1.54) is 0 Å². The van der Waals surface area contributed by atoms with Crippen molar-refractivity contribution < 1.29 is 4.74 Å². The van der Waals surface area contributed by atoms with Crippen molar-refractivity contribution in [2.75, 3.05) is 37.4 Å². The molecule has 0 saturated carbocycles. The summed E-state index contributed by atoms with van der Waals surface area (Å²) < 4.78 is 5.15. The maximum Gasteiger partial charge on any atom is 0.153 e. The highest BCUT2D eigenvalue weighted by molar-refractivity contribution is 5.70. The smallest absolute Gasteiger partial charge is 0.153 e. The van der Waals surface area contributed by atoms with Gasteiger partial charge in [0.1, 0.15) is 6.07 Å². The first-order valence-corrected chi connectivity index (χ1v) is 5.64. The second-order valence-corrected chi connectivity index (χ2v) is 4.26. The van der Waals surface area contributed by atoms with Gasteiger partial charge in [0.05, 0.1) is 17.9 Å². The second-order valence-electron chi connectivity index (χ2n) is 4.26. The van der Waals surface area contributed by atoms with Crippen LogP contribution in [0.3, 0.4) is 0 Å². The molecule has 1 aromatic heterocycles. The maximum absolute atomic E-state index is 8.93. The highest BCUT2D eigenvalue weighted by atomic mass is 16.5. The zero-order chi connectivity index (χ0) is 12.3. The van der Waals surface area contributed by atoms with Gasteiger partial charge in [0.15, 0.2) is 5.82 Å². The summed E-state index contributed by atoms with van der Waals surface area (Å²) in [7, 11) is 1.71. The van der Waals surface area contributed by atoms with Crippen LogP contribution in [0.4, 0.5) is 11.5 Å². The van der Waals surface area contributed by atoms with Crippen molar-refractivity contribution in [3.63, 3.8) is 0 Å². The topological polar surface area (TPSA) is 75.2 Å². The molecule has 1 atom stereocenters. The summed E-state index contributed by atoms with van der Waals surface area (Å²) in [6.45, 7) is 2.56. The molecular formula is C12H16N4O. The van der Waals surface area contributed by atoms with Gasteiger partial charge >= 0.3 is 0 Å². The van der Waals surface area contributed by atoms with Crippen molar-refractivity contribution >= 4 is 11.5 Å². The summed E-state index contributed by atoms with van der Waals surface area (Å²) >= 11 is 0. The number of nitriles is 1. The van der Waals surface area contributed by atoms with E-state index in [-0.39, 0.29) is 0 Å². The Labute approximate surface area is 101 Å². The number of ether oxygens (including phenoxy) is 1. The van der Waals surface area contributed by atoms with E-state index in [9.17, 15) is 0 Å². The third-order valence-electron chi connectivity index (χ3n) is 3.08. The molecule has 0 radical (unpaired) electrons. The predicted molar refractivity (Wildman–Crippen MR) is 65.6 cm³/mol. The van der Waals surface area contributed by atoms with Gasteiger partial charge in [0.2, 0.25) is 0 Å². The van der Waals surface area contributed by atoms with Gasteiger partial charge in [-0.05, 0) is 12.5 Å². The lowest BCUT2D eigenvalue weighted by Crippen LogP contribution is -2.23. The molecule has 1 saturated heterocycles. The maximum atomic E-state index is 8.93. The number of hydrogen-bond acceptors (Lipinski definition) is 5. The zero-order valence-electron chi connectivity index (χ0n) is 9.89. The third kappa shape index (κ3) is 2.32. The summed E-state index contributed by atoms with van der Waals surface area (Å²) in [5.41, 5.74) is 6.91. The van der Waals surface area contributed by atoms with Crippen molar-refractivity contribution in [1.29, 1.82) is 5.26 Å². The van der Waals surface area contributed by atoms with Gasteiger partial charge in [0, 0.05) is 32.3 Å². The Morgan fingerprint density at radius 1 is 1.71 bits per heavy atom. The lowest BCUT2D eigenvalue weighted by atomic mass is 10.1. The van der Waals surface area contributed by atoms with Gasteiger partial charge in [-0.15, -0.1) is 0 Å². The Morgan fingerprint density at radius 3 is 3.24 bits per heavy atom. The largest absolute Gasteiger partial charge is 0.395 e. The molecule has 17 heavy (non-hydrogen) atoms. The SMILES string of the molecule is COCC1CCN(c2nccc(C#N)c2N)C1. The quantitative estimate of drug-likeness (QED) is 0.841. The summed E-state index contributed by atoms with van der Waals surface area (Å²) in [4.78, 5) is 6.40. The van der Waals surface area contributed by atoms with E-state index in [1.807, 2.05) is 0 Å². The molecule has 2 rings (SSSR count). The molecule has 1 unspecified atom stereocenters. The highest BCUT2D eigenvalue weighted by Gasteiger charge is 2.25. The second kappa shape index (κ2) is 5.02. The molecule has 2 N–H and O–H groups in total. The minimum Gasteiger partial charge on any atom is -0.395 e. The third-order valence-corrected chi connectivity index (χ3v) is 3.08. The first-order valence-electron chi connectivity index (χ1n) is 5.64. The number of anilines is 2. The van der Waals surface area contributed by atoms with Gasteiger partial charge in [-0.3, -0.25) is 0 Å². The summed E-state index contributed by atoms with van der Waals surface area (Å²) in [6.07, 6.45) is 2.71. The average molecular weight is 232 g/mol. The lowest BCUT2D eigenvalue weighted by molar-refractivity contribution is 0.161. The highest BCUT2D eigenvalue weighted by Crippen LogP contribution is 2.28. The Bertz CT molecular complexity index is 441. The minimum atomic E-state index is 0.480. The van der Waals surface area contributed by atoms with Crippen molar-refractivity contribution in [2.45, 2.75) is 6.42 Å². The van der Waals surface area contributed by atoms with Gasteiger partial charge in [-0.1, -0.05) is 0 Å². The fourth-order valence-corrected chi connectivity index (χ4v) is 2.21. The van der Waals surface area contributed by atoms with E-state index in [0.717, 1.165) is 31.9 Å². The molecule has 0 aromatic carbocycles. The molecular weight excluding hydrogens is 216 g/mol. The number of nitrogens with zero attached hydrogens (tertiary/aromatic N) is 3. The van der Waals surface area contributed by atoms with Crippen LogP contribution in [-0.4, -0.2) is 31.8 Å². The molecule has 0 amide bonds. The lowest BCUT2D eigenvalue weighted by Gasteiger charge is -2.19. The summed E-state index contributed by atoms with van der Waals surface area (Å²) in [5, 5.41) is 8.93. The first kappa shape index (κ1) is 11.7. The van der Waals surface area contributed by atoms with Crippen LogP contribution < -0.4 is 10.6 Å². The van der Waals surface area contributed by atoms with E-state index < -0.39 is 0 Å². The van der Waals surface area contributed by atoms with Crippen LogP contribution in [-0.2, 0) is 4.74 Å². The van der Waals surface area contributed by atoms with Crippen LogP contribution in [0.15, 0.2) is 12.3 Å². The zero-order valence-corrected chi connectivity index (χ0v) is 9.89. The van der Waals surface area contributed by atoms with Gasteiger partial charge in [-0.2, -0.15) is 5.26 Å². The molecule has 2 heterocycles. The van der Waals surface area contributed by atoms with Crippen molar-refractivity contribution in [3.8, 4) is 6.07 Å². The number of rotatable bonds is 3. The molecule has 1 aromatic rings. The summed E-state index contributed by atoms with van der Waals surface area (Å²) in [6, 6.07) is 3.72. The van der Waals surface area contributed by atoms with Crippen LogP contribution in [0.25, 0.3) is 0 Å². The van der Waals surface area contributed by atoms with Crippen LogP contribution in [0, 0.1) is 17.2 Å². The fourth-order valence-electron chi connectivity index (χ4n) is 2.21. The molecule has 5 heteroatoms. The van der Waals surface area contributed by atoms with Gasteiger partial charge in [-0.25, -0.2) is 4.98 Å². The normalized spacial score (nSPS) is 19.3. The van der Waals surface area contributed by atoms with E-state index in [2.05, 4.69) is 16.0 Å². The molecule has 5 nitrogen and oxygen atoms in total. The molecule has 0 aliphatic carbocycles. The van der Waals surface area contributed by atoms with Crippen LogP contribution in [0.1, 0.15) is 12.0 Å². The van der Waals surface area contributed by atoms with E-state index in [4.69, 9.17) is 15.7 Å². The molecule has 0 spiro atoms. The Kier molecular flexibility index (Phi) is 3.45. The molecule has 1 fully saturated rings. The van der Waals surface area contributed by atoms with Gasteiger partial charge in [0.25, 0.3) is 0 Å². The van der Waals surface area contributed by atoms with Crippen LogP contribution in [0.5, 0.6) is 0 Å². The Balaban J connectivity index is 2.17. The first-order chi connectivity index (χ1) is 8.26. The Hall–Kier alpha value is -1.80. The molecule has 1 aliphatic rings. The summed E-state index contributed by atoms with van der Waals surface area (Å²) in [5.74, 6) is 1.24. The van der Waals surface area contributed by atoms with E-state index >= 15 is 0 Å². The van der Waals surface area contributed by atoms with E-state index in [1.54, 1.807) is 19.4 Å². The molecule has 1 aliphatic heterocycles. The van der Waals surface area contributed by atoms with Gasteiger partial charge < -0.3 is 15.4 Å². The number of hydrogen-bond donors (Lipinski definition) is 1. The number of aromatic nitrogens is 1. The molecule has 0 bridgehead atoms. The Morgan fingerprint density at radius 2 is 2.53 bits per heavy atom. The average Bonchev–Trinajstić information content (AvgIpc) is 2.78. The van der Waals surface area contributed by atoms with Crippen LogP contribution >= 0.6 is 0 Å². The standard InChI is InChI=1S/C12H16N4O/c1-17-8-9-3-5-16(7-9)12-11(14)10(6-13)2-4-15-12/h2,4,9H,3,5,7-8,14H2,1H3. The molecule has 90 valence electrons. The van der Waals surface area contributed by atoms with Crippen molar-refractivity contribution in [2.24, 2.45) is 5.92 Å².